The summed E-state index contributed by atoms with van der Waals surface area (Å²) in [5.41, 5.74) is 0.754. The second-order valence-corrected chi connectivity index (χ2v) is 3.07. The highest BCUT2D eigenvalue weighted by atomic mass is 16.6. The van der Waals surface area contributed by atoms with Crippen LogP contribution in [0, 0.1) is 0 Å². The van der Waals surface area contributed by atoms with E-state index in [4.69, 9.17) is 9.47 Å². The number of anilines is 1. The summed E-state index contributed by atoms with van der Waals surface area (Å²) in [6.07, 6.45) is 0. The summed E-state index contributed by atoms with van der Waals surface area (Å²) in [6, 6.07) is 4.85. The summed E-state index contributed by atoms with van der Waals surface area (Å²) < 4.78 is 9.98. The smallest absolute Gasteiger partial charge is 0.342 e. The van der Waals surface area contributed by atoms with Crippen LogP contribution in [0.2, 0.25) is 0 Å². The van der Waals surface area contributed by atoms with E-state index in [0.29, 0.717) is 23.6 Å². The maximum absolute atomic E-state index is 11.3. The molecule has 0 amide bonds. The van der Waals surface area contributed by atoms with E-state index in [1.165, 1.54) is 0 Å². The monoisotopic (exact) mass is 209 g/mol. The zero-order valence-electron chi connectivity index (χ0n) is 8.27. The molecule has 0 bridgehead atoms. The van der Waals surface area contributed by atoms with Gasteiger partial charge in [-0.15, -0.1) is 0 Å². The van der Waals surface area contributed by atoms with Crippen molar-refractivity contribution in [1.82, 2.24) is 0 Å². The zero-order valence-corrected chi connectivity index (χ0v) is 8.27. The molecule has 0 fully saturated rings. The van der Waals surface area contributed by atoms with Crippen molar-refractivity contribution >= 4 is 11.7 Å². The summed E-state index contributed by atoms with van der Waals surface area (Å²) in [4.78, 5) is 11.3. The van der Waals surface area contributed by atoms with Crippen molar-refractivity contribution in [3.63, 3.8) is 0 Å². The Morgan fingerprint density at radius 3 is 3.13 bits per heavy atom. The molecule has 1 aromatic rings. The third-order valence-electron chi connectivity index (χ3n) is 2.10. The molecular weight excluding hydrogens is 198 g/mol. The number of nitrogens with zero attached hydrogens (tertiary/aromatic N) is 1. The van der Waals surface area contributed by atoms with Gasteiger partial charge in [-0.3, -0.25) is 5.21 Å². The van der Waals surface area contributed by atoms with Crippen LogP contribution >= 0.6 is 0 Å². The Morgan fingerprint density at radius 2 is 2.40 bits per heavy atom. The van der Waals surface area contributed by atoms with Crippen molar-refractivity contribution in [1.29, 1.82) is 0 Å². The number of hydrogen-bond acceptors (Lipinski definition) is 5. The van der Waals surface area contributed by atoms with Crippen LogP contribution in [0.5, 0.6) is 5.75 Å². The summed E-state index contributed by atoms with van der Waals surface area (Å²) in [7, 11) is 0. The minimum atomic E-state index is -0.432. The highest BCUT2D eigenvalue weighted by Gasteiger charge is 2.23. The fourth-order valence-electron chi connectivity index (χ4n) is 1.42. The maximum atomic E-state index is 11.3. The van der Waals surface area contributed by atoms with E-state index in [1.54, 1.807) is 18.2 Å². The highest BCUT2D eigenvalue weighted by Crippen LogP contribution is 2.28. The molecule has 1 N–H and O–H groups in total. The molecule has 1 aromatic carbocycles. The molecule has 0 aliphatic carbocycles. The molecule has 0 spiro atoms. The van der Waals surface area contributed by atoms with Gasteiger partial charge in [0.15, 0.2) is 6.73 Å². The summed E-state index contributed by atoms with van der Waals surface area (Å²) in [5, 5.41) is 10.3. The maximum Gasteiger partial charge on any atom is 0.342 e. The van der Waals surface area contributed by atoms with Gasteiger partial charge in [0.2, 0.25) is 0 Å². The van der Waals surface area contributed by atoms with Gasteiger partial charge in [-0.05, 0) is 19.1 Å². The van der Waals surface area contributed by atoms with Gasteiger partial charge < -0.3 is 9.47 Å². The summed E-state index contributed by atoms with van der Waals surface area (Å²) >= 11 is 0. The lowest BCUT2D eigenvalue weighted by atomic mass is 10.1. The minimum absolute atomic E-state index is 0.151. The van der Waals surface area contributed by atoms with Crippen LogP contribution in [0.1, 0.15) is 17.3 Å². The molecule has 1 heterocycles. The Hall–Kier alpha value is -1.75. The molecule has 0 aromatic heterocycles. The molecule has 2 rings (SSSR count). The quantitative estimate of drug-likeness (QED) is 0.746. The zero-order chi connectivity index (χ0) is 10.8. The predicted octanol–water partition coefficient (Wildman–Crippen LogP) is 1.41. The van der Waals surface area contributed by atoms with Crippen LogP contribution in [-0.4, -0.2) is 24.5 Å². The molecule has 0 saturated carbocycles. The number of carbonyl (C=O) groups excluding carboxylic acids is 1. The Labute approximate surface area is 86.8 Å². The van der Waals surface area contributed by atoms with Crippen molar-refractivity contribution in [3.8, 4) is 5.75 Å². The standard InChI is InChI=1S/C10H11NO4/c1-2-14-7-3-4-8-9(5-7)11(13)6-15-10(8)12/h3-5,13H,2,6H2,1H3. The molecule has 5 nitrogen and oxygen atoms in total. The number of ether oxygens (including phenoxy) is 2. The largest absolute Gasteiger partial charge is 0.494 e. The summed E-state index contributed by atoms with van der Waals surface area (Å²) in [5.74, 6) is 0.184. The molecule has 1 aliphatic heterocycles. The van der Waals surface area contributed by atoms with E-state index in [0.717, 1.165) is 5.06 Å². The first-order chi connectivity index (χ1) is 7.22. The number of hydroxylamine groups is 1. The SMILES string of the molecule is CCOc1ccc2c(c1)N(O)COC2=O. The number of rotatable bonds is 2. The fourth-order valence-corrected chi connectivity index (χ4v) is 1.42. The fraction of sp³-hybridized carbons (Fsp3) is 0.300. The number of cyclic esters (lactones) is 1. The van der Waals surface area contributed by atoms with Gasteiger partial charge in [0.1, 0.15) is 5.75 Å². The Morgan fingerprint density at radius 1 is 1.60 bits per heavy atom. The molecule has 0 saturated heterocycles. The van der Waals surface area contributed by atoms with Crippen molar-refractivity contribution in [3.05, 3.63) is 23.8 Å². The molecule has 1 aliphatic rings. The Balaban J connectivity index is 2.40. The summed E-state index contributed by atoms with van der Waals surface area (Å²) in [6.45, 7) is 2.25. The Kier molecular flexibility index (Phi) is 2.47. The predicted molar refractivity (Wildman–Crippen MR) is 52.2 cm³/mol. The highest BCUT2D eigenvalue weighted by molar-refractivity contribution is 5.97. The number of hydrogen-bond donors (Lipinski definition) is 1. The molecular formula is C10H11NO4. The molecule has 0 unspecified atom stereocenters. The second kappa shape index (κ2) is 3.78. The van der Waals surface area contributed by atoms with Crippen molar-refractivity contribution in [2.75, 3.05) is 18.4 Å². The van der Waals surface area contributed by atoms with Gasteiger partial charge in [0.05, 0.1) is 17.9 Å². The second-order valence-electron chi connectivity index (χ2n) is 3.07. The van der Waals surface area contributed by atoms with Gasteiger partial charge in [0.25, 0.3) is 0 Å². The third-order valence-corrected chi connectivity index (χ3v) is 2.10. The van der Waals surface area contributed by atoms with E-state index < -0.39 is 5.97 Å². The lowest BCUT2D eigenvalue weighted by Gasteiger charge is -2.24. The molecule has 5 heteroatoms. The van der Waals surface area contributed by atoms with E-state index in [-0.39, 0.29) is 6.73 Å². The number of esters is 1. The Bertz CT molecular complexity index is 391. The van der Waals surface area contributed by atoms with E-state index in [1.807, 2.05) is 6.92 Å². The lowest BCUT2D eigenvalue weighted by Crippen LogP contribution is -2.31. The first-order valence-corrected chi connectivity index (χ1v) is 4.62. The van der Waals surface area contributed by atoms with Crippen molar-refractivity contribution in [2.24, 2.45) is 0 Å². The van der Waals surface area contributed by atoms with Gasteiger partial charge in [0, 0.05) is 6.07 Å². The third kappa shape index (κ3) is 1.73. The van der Waals surface area contributed by atoms with Crippen LogP contribution in [0.3, 0.4) is 0 Å². The van der Waals surface area contributed by atoms with E-state index in [9.17, 15) is 10.0 Å². The van der Waals surface area contributed by atoms with Gasteiger partial charge in [-0.1, -0.05) is 0 Å². The van der Waals surface area contributed by atoms with Crippen LogP contribution in [-0.2, 0) is 4.74 Å². The average molecular weight is 209 g/mol. The average Bonchev–Trinajstić information content (AvgIpc) is 2.24. The van der Waals surface area contributed by atoms with Crippen LogP contribution in [0.15, 0.2) is 18.2 Å². The number of fused-ring (bicyclic) bond motifs is 1. The molecule has 15 heavy (non-hydrogen) atoms. The van der Waals surface area contributed by atoms with Crippen LogP contribution < -0.4 is 9.80 Å². The number of benzene rings is 1. The lowest BCUT2D eigenvalue weighted by molar-refractivity contribution is 0.0332. The van der Waals surface area contributed by atoms with Gasteiger partial charge in [-0.2, -0.15) is 0 Å². The number of carbonyl (C=O) groups is 1. The van der Waals surface area contributed by atoms with Gasteiger partial charge in [-0.25, -0.2) is 9.86 Å². The minimum Gasteiger partial charge on any atom is -0.494 e. The van der Waals surface area contributed by atoms with Crippen molar-refractivity contribution in [2.45, 2.75) is 6.92 Å². The normalized spacial score (nSPS) is 14.5. The van der Waals surface area contributed by atoms with Crippen LogP contribution in [0.25, 0.3) is 0 Å². The molecule has 0 radical (unpaired) electrons. The van der Waals surface area contributed by atoms with E-state index >= 15 is 0 Å². The molecule has 80 valence electrons. The van der Waals surface area contributed by atoms with Gasteiger partial charge >= 0.3 is 5.97 Å². The van der Waals surface area contributed by atoms with E-state index in [2.05, 4.69) is 0 Å². The van der Waals surface area contributed by atoms with Crippen molar-refractivity contribution < 1.29 is 19.5 Å². The first kappa shape index (κ1) is 9.79. The van der Waals surface area contributed by atoms with Crippen LogP contribution in [0.4, 0.5) is 5.69 Å². The first-order valence-electron chi connectivity index (χ1n) is 4.62. The molecule has 0 atom stereocenters. The topological polar surface area (TPSA) is 59.0 Å².